The number of nitrogens with zero attached hydrogens (tertiary/aromatic N) is 4. The minimum Gasteiger partial charge on any atom is -0.382 e. The maximum absolute atomic E-state index is 11.2. The van der Waals surface area contributed by atoms with Gasteiger partial charge in [0, 0.05) is 19.4 Å². The van der Waals surface area contributed by atoms with Crippen LogP contribution < -0.4 is 11.1 Å². The largest absolute Gasteiger partial charge is 0.382 e. The second kappa shape index (κ2) is 3.93. The smallest absolute Gasteiger partial charge is 0.292 e. The first-order chi connectivity index (χ1) is 7.72. The van der Waals surface area contributed by atoms with Crippen molar-refractivity contribution in [3.8, 4) is 11.6 Å². The van der Waals surface area contributed by atoms with Crippen molar-refractivity contribution in [2.75, 3.05) is 12.8 Å². The van der Waals surface area contributed by atoms with E-state index >= 15 is 0 Å². The molecule has 82 valence electrons. The summed E-state index contributed by atoms with van der Waals surface area (Å²) in [5.74, 6) is -0.307. The lowest BCUT2D eigenvalue weighted by atomic mass is 10.4. The van der Waals surface area contributed by atoms with Crippen LogP contribution in [0.25, 0.3) is 11.6 Å². The molecule has 8 heteroatoms. The third kappa shape index (κ3) is 1.67. The van der Waals surface area contributed by atoms with Crippen LogP contribution in [0.5, 0.6) is 0 Å². The molecule has 16 heavy (non-hydrogen) atoms. The van der Waals surface area contributed by atoms with Crippen LogP contribution in [0.2, 0.25) is 0 Å². The fourth-order valence-electron chi connectivity index (χ4n) is 1.04. The fourth-order valence-corrected chi connectivity index (χ4v) is 1.04. The summed E-state index contributed by atoms with van der Waals surface area (Å²) in [6.45, 7) is 0. The first-order valence-corrected chi connectivity index (χ1v) is 4.35. The van der Waals surface area contributed by atoms with Gasteiger partial charge in [0.2, 0.25) is 0 Å². The first-order valence-electron chi connectivity index (χ1n) is 4.35. The molecule has 0 fully saturated rings. The van der Waals surface area contributed by atoms with Gasteiger partial charge in [0.25, 0.3) is 17.6 Å². The number of nitrogens with two attached hydrogens (primary N) is 1. The molecule has 2 aromatic rings. The van der Waals surface area contributed by atoms with Crippen LogP contribution in [0.15, 0.2) is 16.9 Å². The number of aromatic nitrogens is 4. The first kappa shape index (κ1) is 10.0. The van der Waals surface area contributed by atoms with Gasteiger partial charge in [-0.3, -0.25) is 4.79 Å². The van der Waals surface area contributed by atoms with Gasteiger partial charge in [-0.2, -0.15) is 4.98 Å². The average molecular weight is 220 g/mol. The molecule has 0 aliphatic carbocycles. The number of nitrogen functional groups attached to an aromatic ring is 1. The van der Waals surface area contributed by atoms with E-state index in [-0.39, 0.29) is 23.2 Å². The monoisotopic (exact) mass is 220 g/mol. The Balaban J connectivity index is 2.39. The Kier molecular flexibility index (Phi) is 2.46. The van der Waals surface area contributed by atoms with E-state index in [4.69, 9.17) is 10.3 Å². The Labute approximate surface area is 89.9 Å². The molecule has 8 nitrogen and oxygen atoms in total. The van der Waals surface area contributed by atoms with Crippen LogP contribution in [0.1, 0.15) is 10.6 Å². The Hall–Kier alpha value is -2.51. The molecular formula is C8H8N6O2. The number of hydrogen-bond acceptors (Lipinski definition) is 7. The summed E-state index contributed by atoms with van der Waals surface area (Å²) in [6, 6.07) is 0. The van der Waals surface area contributed by atoms with Crippen LogP contribution in [0, 0.1) is 0 Å². The van der Waals surface area contributed by atoms with Gasteiger partial charge in [0.1, 0.15) is 0 Å². The van der Waals surface area contributed by atoms with E-state index < -0.39 is 5.91 Å². The number of rotatable bonds is 2. The summed E-state index contributed by atoms with van der Waals surface area (Å²) in [4.78, 5) is 22.8. The molecule has 0 aromatic carbocycles. The molecule has 2 rings (SSSR count). The summed E-state index contributed by atoms with van der Waals surface area (Å²) >= 11 is 0. The molecule has 0 unspecified atom stereocenters. The van der Waals surface area contributed by atoms with Crippen LogP contribution in [-0.2, 0) is 0 Å². The van der Waals surface area contributed by atoms with Crippen LogP contribution >= 0.6 is 0 Å². The van der Waals surface area contributed by atoms with E-state index in [9.17, 15) is 4.79 Å². The Morgan fingerprint density at radius 2 is 2.19 bits per heavy atom. The van der Waals surface area contributed by atoms with Crippen molar-refractivity contribution in [3.05, 3.63) is 18.2 Å². The van der Waals surface area contributed by atoms with Gasteiger partial charge in [-0.1, -0.05) is 5.16 Å². The highest BCUT2D eigenvalue weighted by Gasteiger charge is 2.17. The summed E-state index contributed by atoms with van der Waals surface area (Å²) in [5, 5.41) is 5.85. The van der Waals surface area contributed by atoms with Gasteiger partial charge in [0.15, 0.2) is 11.5 Å². The fraction of sp³-hybridized carbons (Fsp3) is 0.125. The number of carbonyl (C=O) groups excluding carboxylic acids is 1. The van der Waals surface area contributed by atoms with Gasteiger partial charge >= 0.3 is 0 Å². The van der Waals surface area contributed by atoms with E-state index in [1.165, 1.54) is 19.4 Å². The number of carbonyl (C=O) groups is 1. The molecule has 1 amide bonds. The summed E-state index contributed by atoms with van der Waals surface area (Å²) < 4.78 is 4.85. The van der Waals surface area contributed by atoms with E-state index in [0.717, 1.165) is 0 Å². The standard InChI is InChI=1S/C8H8N6O2/c1-10-7(15)6-13-8(16-14-6)4-5(9)12-3-2-11-4/h2-3H,1H3,(H2,9,12)(H,10,15). The van der Waals surface area contributed by atoms with Crippen LogP contribution in [0.3, 0.4) is 0 Å². The predicted molar refractivity (Wildman–Crippen MR) is 53.1 cm³/mol. The van der Waals surface area contributed by atoms with Crippen molar-refractivity contribution >= 4 is 11.7 Å². The van der Waals surface area contributed by atoms with Crippen LogP contribution in [-0.4, -0.2) is 33.1 Å². The average Bonchev–Trinajstić information content (AvgIpc) is 2.78. The van der Waals surface area contributed by atoms with E-state index in [1.807, 2.05) is 0 Å². The van der Waals surface area contributed by atoms with Crippen molar-refractivity contribution in [1.29, 1.82) is 0 Å². The number of amides is 1. The molecule has 0 saturated carbocycles. The molecular weight excluding hydrogens is 212 g/mol. The summed E-state index contributed by atoms with van der Waals surface area (Å²) in [7, 11) is 1.47. The summed E-state index contributed by atoms with van der Waals surface area (Å²) in [6.07, 6.45) is 2.88. The van der Waals surface area contributed by atoms with E-state index in [1.54, 1.807) is 0 Å². The zero-order valence-corrected chi connectivity index (χ0v) is 8.34. The lowest BCUT2D eigenvalue weighted by molar-refractivity contribution is 0.0950. The van der Waals surface area contributed by atoms with E-state index in [2.05, 4.69) is 25.4 Å². The molecule has 0 spiro atoms. The molecule has 0 aliphatic rings. The second-order valence-electron chi connectivity index (χ2n) is 2.79. The Bertz CT molecular complexity index is 523. The van der Waals surface area contributed by atoms with Crippen molar-refractivity contribution < 1.29 is 9.32 Å². The molecule has 2 heterocycles. The van der Waals surface area contributed by atoms with Crippen molar-refractivity contribution in [3.63, 3.8) is 0 Å². The van der Waals surface area contributed by atoms with E-state index in [0.29, 0.717) is 0 Å². The van der Waals surface area contributed by atoms with Gasteiger partial charge < -0.3 is 15.6 Å². The van der Waals surface area contributed by atoms with Gasteiger partial charge in [-0.05, 0) is 0 Å². The highest BCUT2D eigenvalue weighted by Crippen LogP contribution is 2.18. The normalized spacial score (nSPS) is 10.1. The van der Waals surface area contributed by atoms with Crippen molar-refractivity contribution in [1.82, 2.24) is 25.4 Å². The molecule has 2 aromatic heterocycles. The van der Waals surface area contributed by atoms with Gasteiger partial charge in [-0.15, -0.1) is 0 Å². The number of nitrogens with one attached hydrogen (secondary N) is 1. The highest BCUT2D eigenvalue weighted by molar-refractivity contribution is 5.90. The lowest BCUT2D eigenvalue weighted by Gasteiger charge is -1.95. The SMILES string of the molecule is CNC(=O)c1noc(-c2nccnc2N)n1. The van der Waals surface area contributed by atoms with Gasteiger partial charge in [-0.25, -0.2) is 9.97 Å². The maximum Gasteiger partial charge on any atom is 0.292 e. The van der Waals surface area contributed by atoms with Crippen LogP contribution in [0.4, 0.5) is 5.82 Å². The maximum atomic E-state index is 11.2. The molecule has 0 atom stereocenters. The molecule has 0 aliphatic heterocycles. The lowest BCUT2D eigenvalue weighted by Crippen LogP contribution is -2.19. The Morgan fingerprint density at radius 1 is 1.44 bits per heavy atom. The predicted octanol–water partition coefficient (Wildman–Crippen LogP) is -0.532. The second-order valence-corrected chi connectivity index (χ2v) is 2.79. The molecule has 3 N–H and O–H groups in total. The minimum atomic E-state index is -0.447. The topological polar surface area (TPSA) is 120 Å². The quantitative estimate of drug-likeness (QED) is 0.697. The third-order valence-electron chi connectivity index (χ3n) is 1.79. The third-order valence-corrected chi connectivity index (χ3v) is 1.79. The number of hydrogen-bond donors (Lipinski definition) is 2. The van der Waals surface area contributed by atoms with Crippen molar-refractivity contribution in [2.24, 2.45) is 0 Å². The Morgan fingerprint density at radius 3 is 2.88 bits per heavy atom. The number of anilines is 1. The molecule has 0 radical (unpaired) electrons. The molecule has 0 bridgehead atoms. The highest BCUT2D eigenvalue weighted by atomic mass is 16.5. The minimum absolute atomic E-state index is 0.0594. The zero-order chi connectivity index (χ0) is 11.5. The zero-order valence-electron chi connectivity index (χ0n) is 8.34. The summed E-state index contributed by atoms with van der Waals surface area (Å²) in [5.41, 5.74) is 5.82. The van der Waals surface area contributed by atoms with Gasteiger partial charge in [0.05, 0.1) is 0 Å². The molecule has 0 saturated heterocycles. The van der Waals surface area contributed by atoms with Crippen molar-refractivity contribution in [2.45, 2.75) is 0 Å².